The van der Waals surface area contributed by atoms with Crippen LogP contribution in [0.15, 0.2) is 231 Å². The summed E-state index contributed by atoms with van der Waals surface area (Å²) in [5, 5.41) is 14.4. The van der Waals surface area contributed by atoms with Crippen LogP contribution >= 0.6 is 0 Å². The van der Waals surface area contributed by atoms with Crippen LogP contribution in [0.25, 0.3) is 75.8 Å². The van der Waals surface area contributed by atoms with E-state index in [1.807, 2.05) is 0 Å². The summed E-state index contributed by atoms with van der Waals surface area (Å²) in [6.07, 6.45) is 0. The van der Waals surface area contributed by atoms with Crippen molar-refractivity contribution in [1.29, 1.82) is 0 Å². The first-order valence-electron chi connectivity index (χ1n) is 24.7. The summed E-state index contributed by atoms with van der Waals surface area (Å²) >= 11 is 0. The molecule has 12 aromatic carbocycles. The third kappa shape index (κ3) is 7.17. The Bertz CT molecular complexity index is 3570. The van der Waals surface area contributed by atoms with Gasteiger partial charge in [-0.1, -0.05) is 236 Å². The van der Waals surface area contributed by atoms with Gasteiger partial charge in [0.05, 0.1) is 22.7 Å². The highest BCUT2D eigenvalue weighted by atomic mass is 15.2. The maximum absolute atomic E-state index is 2.52. The van der Waals surface area contributed by atoms with E-state index in [1.165, 1.54) is 98.3 Å². The molecule has 2 nitrogen and oxygen atoms in total. The van der Waals surface area contributed by atoms with Crippen molar-refractivity contribution in [3.8, 4) is 11.1 Å². The zero-order valence-corrected chi connectivity index (χ0v) is 40.8. The van der Waals surface area contributed by atoms with Gasteiger partial charge >= 0.3 is 0 Å². The summed E-state index contributed by atoms with van der Waals surface area (Å²) in [6.45, 7) is 13.7. The van der Waals surface area contributed by atoms with Gasteiger partial charge in [-0.15, -0.1) is 0 Å². The third-order valence-electron chi connectivity index (χ3n) is 14.5. The van der Waals surface area contributed by atoms with Crippen LogP contribution in [0.1, 0.15) is 52.7 Å². The normalized spacial score (nSPS) is 12.1. The highest BCUT2D eigenvalue weighted by Crippen LogP contribution is 2.54. The number of hydrogen-bond donors (Lipinski definition) is 0. The summed E-state index contributed by atoms with van der Waals surface area (Å²) in [4.78, 5) is 5.05. The predicted octanol–water partition coefficient (Wildman–Crippen LogP) is 19.8. The largest absolute Gasteiger partial charge is 0.309 e. The molecule has 0 aliphatic rings. The Kier molecular flexibility index (Phi) is 10.3. The van der Waals surface area contributed by atoms with Crippen molar-refractivity contribution in [1.82, 2.24) is 0 Å². The van der Waals surface area contributed by atoms with Crippen molar-refractivity contribution in [2.24, 2.45) is 0 Å². The molecule has 0 fully saturated rings. The van der Waals surface area contributed by atoms with E-state index in [0.29, 0.717) is 0 Å². The average Bonchev–Trinajstić information content (AvgIpc) is 3.38. The summed E-state index contributed by atoms with van der Waals surface area (Å²) < 4.78 is 0. The van der Waals surface area contributed by atoms with Crippen LogP contribution in [-0.2, 0) is 10.8 Å². The van der Waals surface area contributed by atoms with Crippen molar-refractivity contribution in [2.75, 3.05) is 9.80 Å². The average molecular weight is 901 g/mol. The van der Waals surface area contributed by atoms with Gasteiger partial charge in [-0.25, -0.2) is 0 Å². The Morgan fingerprint density at radius 3 is 0.800 bits per heavy atom. The number of rotatable bonds is 7. The Morgan fingerprint density at radius 2 is 0.500 bits per heavy atom. The molecule has 0 bridgehead atoms. The molecule has 0 heterocycles. The summed E-state index contributed by atoms with van der Waals surface area (Å²) in [5.74, 6) is 0. The van der Waals surface area contributed by atoms with Crippen LogP contribution in [0.2, 0.25) is 0 Å². The molecule has 0 atom stereocenters. The van der Waals surface area contributed by atoms with E-state index >= 15 is 0 Å². The van der Waals surface area contributed by atoms with E-state index in [4.69, 9.17) is 0 Å². The van der Waals surface area contributed by atoms with Crippen LogP contribution in [0.3, 0.4) is 0 Å². The first kappa shape index (κ1) is 43.1. The molecule has 0 aromatic heterocycles. The van der Waals surface area contributed by atoms with Crippen LogP contribution < -0.4 is 9.80 Å². The van der Waals surface area contributed by atoms with E-state index < -0.39 is 0 Å². The fraction of sp³-hybridized carbons (Fsp3) is 0.118. The Labute approximate surface area is 411 Å². The highest BCUT2D eigenvalue weighted by molar-refractivity contribution is 6.31. The first-order chi connectivity index (χ1) is 34.0. The van der Waals surface area contributed by atoms with Gasteiger partial charge in [-0.2, -0.15) is 0 Å². The lowest BCUT2D eigenvalue weighted by Gasteiger charge is -2.32. The topological polar surface area (TPSA) is 6.48 Å². The number of anilines is 6. The number of hydrogen-bond acceptors (Lipinski definition) is 2. The van der Waals surface area contributed by atoms with E-state index in [9.17, 15) is 0 Å². The van der Waals surface area contributed by atoms with Gasteiger partial charge in [0.25, 0.3) is 0 Å². The van der Waals surface area contributed by atoms with Crippen LogP contribution in [0.5, 0.6) is 0 Å². The zero-order valence-electron chi connectivity index (χ0n) is 40.8. The maximum Gasteiger partial charge on any atom is 0.0619 e. The molecule has 0 unspecified atom stereocenters. The molecule has 0 saturated carbocycles. The second-order valence-corrected chi connectivity index (χ2v) is 20.9. The number of benzene rings is 12. The molecule has 338 valence electrons. The van der Waals surface area contributed by atoms with Crippen molar-refractivity contribution in [2.45, 2.75) is 52.4 Å². The van der Waals surface area contributed by atoms with Crippen molar-refractivity contribution < 1.29 is 0 Å². The van der Waals surface area contributed by atoms with Gasteiger partial charge in [0.15, 0.2) is 0 Å². The van der Waals surface area contributed by atoms with Crippen molar-refractivity contribution in [3.63, 3.8) is 0 Å². The second-order valence-electron chi connectivity index (χ2n) is 20.9. The van der Waals surface area contributed by atoms with Gasteiger partial charge in [0, 0.05) is 43.7 Å². The molecule has 70 heavy (non-hydrogen) atoms. The molecule has 0 aliphatic heterocycles. The molecule has 12 rings (SSSR count). The lowest BCUT2D eigenvalue weighted by atomic mass is 9.84. The Morgan fingerprint density at radius 1 is 0.243 bits per heavy atom. The molecule has 0 radical (unpaired) electrons. The van der Waals surface area contributed by atoms with Gasteiger partial charge < -0.3 is 9.80 Å². The minimum Gasteiger partial charge on any atom is -0.309 e. The minimum absolute atomic E-state index is 0.0216. The van der Waals surface area contributed by atoms with Crippen molar-refractivity contribution >= 4 is 98.8 Å². The summed E-state index contributed by atoms with van der Waals surface area (Å²) in [6, 6.07) is 86.0. The monoisotopic (exact) mass is 900 g/mol. The molecule has 0 saturated heterocycles. The summed E-state index contributed by atoms with van der Waals surface area (Å²) in [5.41, 5.74) is 12.0. The zero-order chi connectivity index (χ0) is 47.7. The molecule has 0 N–H and O–H groups in total. The first-order valence-corrected chi connectivity index (χ1v) is 24.7. The smallest absolute Gasteiger partial charge is 0.0619 e. The van der Waals surface area contributed by atoms with E-state index in [1.54, 1.807) is 0 Å². The molecule has 0 aliphatic carbocycles. The van der Waals surface area contributed by atoms with Gasteiger partial charge in [0.1, 0.15) is 0 Å². The van der Waals surface area contributed by atoms with Crippen LogP contribution in [0.4, 0.5) is 34.1 Å². The van der Waals surface area contributed by atoms with Crippen LogP contribution in [0, 0.1) is 0 Å². The predicted molar refractivity (Wildman–Crippen MR) is 304 cm³/mol. The van der Waals surface area contributed by atoms with Gasteiger partial charge in [0.2, 0.25) is 0 Å². The standard InChI is InChI=1S/C68H56N2/c1-67(2,3)47-37-41-49(42-38-47)69(61-35-19-23-45-21-7-9-25-51(45)61)65-57-31-15-11-27-53(57)63(54-28-12-16-32-58(54)65)64-55-29-13-17-33-59(55)66(60-34-18-14-30-56(60)64)70(50-43-39-48(40-44-50)68(4,5)6)62-36-20-24-46-22-8-10-26-52(46)62/h7-44H,1-6H3. The number of nitrogens with zero attached hydrogens (tertiary/aromatic N) is 2. The summed E-state index contributed by atoms with van der Waals surface area (Å²) in [7, 11) is 0. The fourth-order valence-corrected chi connectivity index (χ4v) is 11.0. The molecule has 2 heteroatoms. The van der Waals surface area contributed by atoms with Crippen LogP contribution in [-0.4, -0.2) is 0 Å². The number of fused-ring (bicyclic) bond motifs is 6. The van der Waals surface area contributed by atoms with Gasteiger partial charge in [-0.3, -0.25) is 0 Å². The van der Waals surface area contributed by atoms with E-state index in [0.717, 1.165) is 22.7 Å². The Balaban J connectivity index is 1.19. The van der Waals surface area contributed by atoms with E-state index in [2.05, 4.69) is 282 Å². The minimum atomic E-state index is 0.0216. The third-order valence-corrected chi connectivity index (χ3v) is 14.5. The maximum atomic E-state index is 2.52. The second kappa shape index (κ2) is 16.8. The molecule has 0 amide bonds. The Hall–Kier alpha value is -8.20. The van der Waals surface area contributed by atoms with E-state index in [-0.39, 0.29) is 10.8 Å². The lowest BCUT2D eigenvalue weighted by Crippen LogP contribution is -2.14. The quantitative estimate of drug-likeness (QED) is 0.147. The lowest BCUT2D eigenvalue weighted by molar-refractivity contribution is 0.590. The SMILES string of the molecule is CC(C)(C)c1ccc(N(c2cccc3ccccc23)c2c3ccccc3c(-c3c4ccccc4c(N(c4ccc(C(C)(C)C)cc4)c4cccc5ccccc45)c4ccccc34)c3ccccc23)cc1. The fourth-order valence-electron chi connectivity index (χ4n) is 11.0. The molecular weight excluding hydrogens is 845 g/mol. The van der Waals surface area contributed by atoms with Gasteiger partial charge in [-0.05, 0) is 102 Å². The molecular formula is C68H56N2. The highest BCUT2D eigenvalue weighted by Gasteiger charge is 2.28. The molecule has 0 spiro atoms. The van der Waals surface area contributed by atoms with Crippen molar-refractivity contribution in [3.05, 3.63) is 242 Å². The molecule has 12 aromatic rings.